The molecule has 0 aliphatic rings. The van der Waals surface area contributed by atoms with Crippen LogP contribution in [0.15, 0.2) is 0 Å². The zero-order chi connectivity index (χ0) is 12.9. The van der Waals surface area contributed by atoms with Crippen molar-refractivity contribution in [2.24, 2.45) is 17.4 Å². The smallest absolute Gasteiger partial charge is 0.240 e. The van der Waals surface area contributed by atoms with E-state index in [-0.39, 0.29) is 18.4 Å². The van der Waals surface area contributed by atoms with E-state index in [1.807, 2.05) is 27.7 Å². The van der Waals surface area contributed by atoms with Crippen LogP contribution in [-0.4, -0.2) is 35.3 Å². The molecule has 16 heavy (non-hydrogen) atoms. The molecule has 1 unspecified atom stereocenters. The van der Waals surface area contributed by atoms with Crippen molar-refractivity contribution in [3.8, 4) is 0 Å². The van der Waals surface area contributed by atoms with Crippen molar-refractivity contribution < 1.29 is 9.59 Å². The summed E-state index contributed by atoms with van der Waals surface area (Å²) in [5.41, 5.74) is 10.7. The second-order valence-corrected chi connectivity index (χ2v) is 4.76. The van der Waals surface area contributed by atoms with Crippen molar-refractivity contribution in [2.75, 3.05) is 6.54 Å². The number of amides is 2. The molecule has 0 aliphatic heterocycles. The van der Waals surface area contributed by atoms with E-state index < -0.39 is 11.9 Å². The first-order valence-electron chi connectivity index (χ1n) is 5.60. The average molecular weight is 229 g/mol. The predicted molar refractivity (Wildman–Crippen MR) is 63.5 cm³/mol. The highest BCUT2D eigenvalue weighted by Crippen LogP contribution is 2.07. The van der Waals surface area contributed by atoms with Crippen LogP contribution in [0.1, 0.15) is 34.1 Å². The van der Waals surface area contributed by atoms with Crippen LogP contribution in [0.25, 0.3) is 0 Å². The van der Waals surface area contributed by atoms with E-state index in [1.54, 1.807) is 4.90 Å². The zero-order valence-corrected chi connectivity index (χ0v) is 10.6. The first kappa shape index (κ1) is 14.9. The first-order valence-corrected chi connectivity index (χ1v) is 5.60. The van der Waals surface area contributed by atoms with Crippen LogP contribution in [0, 0.1) is 5.92 Å². The van der Waals surface area contributed by atoms with Gasteiger partial charge in [-0.3, -0.25) is 9.59 Å². The summed E-state index contributed by atoms with van der Waals surface area (Å²) in [7, 11) is 0. The summed E-state index contributed by atoms with van der Waals surface area (Å²) in [6.07, 6.45) is -0.0971. The van der Waals surface area contributed by atoms with Gasteiger partial charge in [-0.1, -0.05) is 13.8 Å². The number of hydrogen-bond donors (Lipinski definition) is 2. The minimum atomic E-state index is -0.821. The molecule has 0 saturated heterocycles. The fourth-order valence-corrected chi connectivity index (χ4v) is 1.47. The minimum Gasteiger partial charge on any atom is -0.370 e. The summed E-state index contributed by atoms with van der Waals surface area (Å²) in [5, 5.41) is 0. The van der Waals surface area contributed by atoms with E-state index in [1.165, 1.54) is 0 Å². The number of carbonyl (C=O) groups excluding carboxylic acids is 2. The molecule has 1 atom stereocenters. The van der Waals surface area contributed by atoms with Gasteiger partial charge < -0.3 is 16.4 Å². The molecule has 0 aromatic rings. The van der Waals surface area contributed by atoms with Gasteiger partial charge in [-0.2, -0.15) is 0 Å². The molecular weight excluding hydrogens is 206 g/mol. The van der Waals surface area contributed by atoms with Gasteiger partial charge in [0, 0.05) is 12.6 Å². The molecule has 0 saturated carbocycles. The van der Waals surface area contributed by atoms with Gasteiger partial charge in [0.1, 0.15) is 0 Å². The van der Waals surface area contributed by atoms with Crippen molar-refractivity contribution in [3.63, 3.8) is 0 Å². The third-order valence-electron chi connectivity index (χ3n) is 2.21. The molecule has 0 aromatic heterocycles. The van der Waals surface area contributed by atoms with Gasteiger partial charge >= 0.3 is 0 Å². The quantitative estimate of drug-likeness (QED) is 0.676. The van der Waals surface area contributed by atoms with Crippen LogP contribution in [0.3, 0.4) is 0 Å². The second kappa shape index (κ2) is 6.48. The van der Waals surface area contributed by atoms with E-state index in [0.29, 0.717) is 12.5 Å². The summed E-state index contributed by atoms with van der Waals surface area (Å²) in [4.78, 5) is 24.3. The molecule has 94 valence electrons. The molecule has 0 fully saturated rings. The summed E-state index contributed by atoms with van der Waals surface area (Å²) >= 11 is 0. The van der Waals surface area contributed by atoms with Gasteiger partial charge in [-0.15, -0.1) is 0 Å². The molecule has 2 amide bonds. The SMILES string of the molecule is CC(C)CN(C(=O)C(N)CC(N)=O)C(C)C. The lowest BCUT2D eigenvalue weighted by Crippen LogP contribution is -2.49. The largest absolute Gasteiger partial charge is 0.370 e. The molecule has 0 bridgehead atoms. The first-order chi connectivity index (χ1) is 7.25. The van der Waals surface area contributed by atoms with E-state index in [2.05, 4.69) is 0 Å². The molecule has 0 spiro atoms. The Bertz CT molecular complexity index is 252. The maximum atomic E-state index is 11.9. The number of hydrogen-bond acceptors (Lipinski definition) is 3. The van der Waals surface area contributed by atoms with Crippen molar-refractivity contribution in [1.82, 2.24) is 4.90 Å². The summed E-state index contributed by atoms with van der Waals surface area (Å²) in [5.74, 6) is -0.385. The molecule has 5 heteroatoms. The normalized spacial score (nSPS) is 12.9. The van der Waals surface area contributed by atoms with Crippen molar-refractivity contribution in [2.45, 2.75) is 46.2 Å². The Kier molecular flexibility index (Phi) is 6.03. The van der Waals surface area contributed by atoms with Gasteiger partial charge in [0.05, 0.1) is 12.5 Å². The topological polar surface area (TPSA) is 89.4 Å². The Morgan fingerprint density at radius 1 is 1.19 bits per heavy atom. The van der Waals surface area contributed by atoms with Crippen molar-refractivity contribution >= 4 is 11.8 Å². The average Bonchev–Trinajstić information content (AvgIpc) is 2.11. The van der Waals surface area contributed by atoms with Crippen molar-refractivity contribution in [3.05, 3.63) is 0 Å². The molecule has 0 aromatic carbocycles. The Labute approximate surface area is 97.2 Å². The number of rotatable bonds is 6. The van der Waals surface area contributed by atoms with Crippen LogP contribution in [0.2, 0.25) is 0 Å². The van der Waals surface area contributed by atoms with Gasteiger partial charge in [0.15, 0.2) is 0 Å². The molecule has 0 radical (unpaired) electrons. The van der Waals surface area contributed by atoms with Crippen LogP contribution in [0.4, 0.5) is 0 Å². The molecule has 4 N–H and O–H groups in total. The van der Waals surface area contributed by atoms with E-state index in [9.17, 15) is 9.59 Å². The van der Waals surface area contributed by atoms with Gasteiger partial charge in [-0.05, 0) is 19.8 Å². The van der Waals surface area contributed by atoms with E-state index in [4.69, 9.17) is 11.5 Å². The van der Waals surface area contributed by atoms with Crippen LogP contribution >= 0.6 is 0 Å². The fraction of sp³-hybridized carbons (Fsp3) is 0.818. The van der Waals surface area contributed by atoms with Crippen molar-refractivity contribution in [1.29, 1.82) is 0 Å². The van der Waals surface area contributed by atoms with Gasteiger partial charge in [0.2, 0.25) is 11.8 Å². The standard InChI is InChI=1S/C11H23N3O2/c1-7(2)6-14(8(3)4)11(16)9(12)5-10(13)15/h7-9H,5-6,12H2,1-4H3,(H2,13,15). The Morgan fingerprint density at radius 3 is 2.00 bits per heavy atom. The maximum Gasteiger partial charge on any atom is 0.240 e. The second-order valence-electron chi connectivity index (χ2n) is 4.76. The highest BCUT2D eigenvalue weighted by molar-refractivity contribution is 5.87. The van der Waals surface area contributed by atoms with E-state index >= 15 is 0 Å². The molecule has 0 heterocycles. The third kappa shape index (κ3) is 5.11. The van der Waals surface area contributed by atoms with E-state index in [0.717, 1.165) is 0 Å². The molecule has 0 rings (SSSR count). The predicted octanol–water partition coefficient (Wildman–Crippen LogP) is 0.0821. The van der Waals surface area contributed by atoms with Crippen LogP contribution in [0.5, 0.6) is 0 Å². The lowest BCUT2D eigenvalue weighted by atomic mass is 10.1. The minimum absolute atomic E-state index is 0.0776. The van der Waals surface area contributed by atoms with Crippen LogP contribution in [-0.2, 0) is 9.59 Å². The fourth-order valence-electron chi connectivity index (χ4n) is 1.47. The maximum absolute atomic E-state index is 11.9. The van der Waals surface area contributed by atoms with Gasteiger partial charge in [0.25, 0.3) is 0 Å². The Balaban J connectivity index is 4.54. The van der Waals surface area contributed by atoms with Gasteiger partial charge in [-0.25, -0.2) is 0 Å². The lowest BCUT2D eigenvalue weighted by molar-refractivity contribution is -0.136. The summed E-state index contributed by atoms with van der Waals surface area (Å²) in [6.45, 7) is 8.56. The highest BCUT2D eigenvalue weighted by atomic mass is 16.2. The number of nitrogens with zero attached hydrogens (tertiary/aromatic N) is 1. The number of nitrogens with two attached hydrogens (primary N) is 2. The summed E-state index contributed by atoms with van der Waals surface area (Å²) in [6, 6.07) is -0.743. The Morgan fingerprint density at radius 2 is 1.69 bits per heavy atom. The van der Waals surface area contributed by atoms with Crippen LogP contribution < -0.4 is 11.5 Å². The molecule has 0 aliphatic carbocycles. The number of carbonyl (C=O) groups is 2. The monoisotopic (exact) mass is 229 g/mol. The zero-order valence-electron chi connectivity index (χ0n) is 10.6. The third-order valence-corrected chi connectivity index (χ3v) is 2.21. The lowest BCUT2D eigenvalue weighted by Gasteiger charge is -2.30. The summed E-state index contributed by atoms with van der Waals surface area (Å²) < 4.78 is 0. The molecular formula is C11H23N3O2. The highest BCUT2D eigenvalue weighted by Gasteiger charge is 2.24. The molecule has 5 nitrogen and oxygen atoms in total. The number of primary amides is 1. The Hall–Kier alpha value is -1.10.